The summed E-state index contributed by atoms with van der Waals surface area (Å²) in [5, 5.41) is -0.240. The summed E-state index contributed by atoms with van der Waals surface area (Å²) >= 11 is 0. The van der Waals surface area contributed by atoms with Gasteiger partial charge in [-0.15, -0.1) is 0 Å². The molecule has 0 aliphatic heterocycles. The van der Waals surface area contributed by atoms with E-state index in [0.717, 1.165) is 24.3 Å². The average molecular weight is 484 g/mol. The van der Waals surface area contributed by atoms with Gasteiger partial charge in [-0.25, -0.2) is 8.78 Å². The van der Waals surface area contributed by atoms with E-state index in [2.05, 4.69) is 0 Å². The Balaban J connectivity index is 1.99. The van der Waals surface area contributed by atoms with E-state index < -0.39 is 47.7 Å². The van der Waals surface area contributed by atoms with E-state index in [0.29, 0.717) is 6.42 Å². The van der Waals surface area contributed by atoms with Crippen molar-refractivity contribution in [3.63, 3.8) is 0 Å². The predicted molar refractivity (Wildman–Crippen MR) is 115 cm³/mol. The molecule has 0 saturated carbocycles. The number of halogens is 4. The van der Waals surface area contributed by atoms with Gasteiger partial charge in [0.1, 0.15) is 5.75 Å². The van der Waals surface area contributed by atoms with Gasteiger partial charge in [0, 0.05) is 11.1 Å². The van der Waals surface area contributed by atoms with Crippen molar-refractivity contribution in [1.29, 1.82) is 0 Å². The first-order valence-corrected chi connectivity index (χ1v) is 11.5. The van der Waals surface area contributed by atoms with Crippen molar-refractivity contribution in [2.45, 2.75) is 27.2 Å². The van der Waals surface area contributed by atoms with Crippen LogP contribution < -0.4 is 14.8 Å². The van der Waals surface area contributed by atoms with Crippen molar-refractivity contribution < 1.29 is 41.4 Å². The van der Waals surface area contributed by atoms with Crippen LogP contribution in [0.3, 0.4) is 0 Å². The summed E-state index contributed by atoms with van der Waals surface area (Å²) in [6.45, 7) is 4.94. The zero-order chi connectivity index (χ0) is 24.5. The fraction of sp³-hybridized carbons (Fsp3) is 0.217. The number of benzene rings is 3. The standard InChI is InChI=1S/C23H21F4O5P/c1-4-9-31-17-7-5-15(19(24)21(17)26)16-6-8-18(22(27)20(16)25)32-23-12(2)10-14(11-13(23)3)33(28,29)30/h5-8,10-11H,4,9H2,1-3H3,(H2,28,29,30). The van der Waals surface area contributed by atoms with Crippen LogP contribution in [-0.2, 0) is 4.57 Å². The lowest BCUT2D eigenvalue weighted by molar-refractivity contribution is 0.295. The lowest BCUT2D eigenvalue weighted by atomic mass is 10.0. The van der Waals surface area contributed by atoms with Crippen LogP contribution in [0.25, 0.3) is 11.1 Å². The van der Waals surface area contributed by atoms with Gasteiger partial charge in [-0.1, -0.05) is 6.92 Å². The van der Waals surface area contributed by atoms with Crippen molar-refractivity contribution in [2.24, 2.45) is 0 Å². The van der Waals surface area contributed by atoms with Crippen LogP contribution in [0.4, 0.5) is 17.6 Å². The van der Waals surface area contributed by atoms with Gasteiger partial charge < -0.3 is 19.3 Å². The minimum absolute atomic E-state index is 0.0768. The molecule has 10 heteroatoms. The Morgan fingerprint density at radius 3 is 1.79 bits per heavy atom. The molecule has 0 aliphatic rings. The number of aryl methyl sites for hydroxylation is 2. The summed E-state index contributed by atoms with van der Waals surface area (Å²) in [5.41, 5.74) is -0.428. The maximum atomic E-state index is 14.8. The van der Waals surface area contributed by atoms with Gasteiger partial charge in [-0.05, 0) is 67.8 Å². The Labute approximate surface area is 187 Å². The number of ether oxygens (including phenoxy) is 2. The zero-order valence-corrected chi connectivity index (χ0v) is 18.9. The molecule has 0 spiro atoms. The number of hydrogen-bond acceptors (Lipinski definition) is 3. The summed E-state index contributed by atoms with van der Waals surface area (Å²) in [6.07, 6.45) is 0.575. The molecular weight excluding hydrogens is 463 g/mol. The molecular formula is C23H21F4O5P. The van der Waals surface area contributed by atoms with Gasteiger partial charge >= 0.3 is 7.60 Å². The van der Waals surface area contributed by atoms with Crippen molar-refractivity contribution in [3.05, 3.63) is 70.8 Å². The fourth-order valence-corrected chi connectivity index (χ4v) is 3.97. The van der Waals surface area contributed by atoms with Crippen LogP contribution >= 0.6 is 7.60 Å². The summed E-state index contributed by atoms with van der Waals surface area (Å²) in [7, 11) is -4.52. The van der Waals surface area contributed by atoms with Crippen molar-refractivity contribution in [3.8, 4) is 28.4 Å². The largest absolute Gasteiger partial charge is 0.490 e. The second-order valence-electron chi connectivity index (χ2n) is 7.38. The molecule has 0 unspecified atom stereocenters. The van der Waals surface area contributed by atoms with Crippen molar-refractivity contribution >= 4 is 12.9 Å². The fourth-order valence-electron chi connectivity index (χ4n) is 3.25. The van der Waals surface area contributed by atoms with E-state index in [4.69, 9.17) is 9.47 Å². The third-order valence-corrected chi connectivity index (χ3v) is 5.77. The topological polar surface area (TPSA) is 76.0 Å². The van der Waals surface area contributed by atoms with Gasteiger partial charge in [0.15, 0.2) is 23.1 Å². The van der Waals surface area contributed by atoms with Crippen LogP contribution in [0.1, 0.15) is 24.5 Å². The molecule has 0 atom stereocenters. The molecule has 0 amide bonds. The van der Waals surface area contributed by atoms with E-state index in [-0.39, 0.29) is 34.5 Å². The minimum atomic E-state index is -4.52. The SMILES string of the molecule is CCCOc1ccc(-c2ccc(Oc3c(C)cc(P(=O)(O)O)cc3C)c(F)c2F)c(F)c1F. The molecule has 0 radical (unpaired) electrons. The molecule has 3 aromatic carbocycles. The highest BCUT2D eigenvalue weighted by molar-refractivity contribution is 7.60. The van der Waals surface area contributed by atoms with Crippen LogP contribution in [0.15, 0.2) is 36.4 Å². The molecule has 0 bridgehead atoms. The zero-order valence-electron chi connectivity index (χ0n) is 18.0. The highest BCUT2D eigenvalue weighted by Crippen LogP contribution is 2.39. The third kappa shape index (κ3) is 5.05. The Kier molecular flexibility index (Phi) is 7.17. The lowest BCUT2D eigenvalue weighted by Gasteiger charge is -2.16. The summed E-state index contributed by atoms with van der Waals surface area (Å²) < 4.78 is 80.5. The average Bonchev–Trinajstić information content (AvgIpc) is 2.74. The van der Waals surface area contributed by atoms with Crippen LogP contribution in [0.2, 0.25) is 0 Å². The van der Waals surface area contributed by atoms with Crippen LogP contribution in [-0.4, -0.2) is 16.4 Å². The van der Waals surface area contributed by atoms with Crippen LogP contribution in [0.5, 0.6) is 17.2 Å². The van der Waals surface area contributed by atoms with Crippen LogP contribution in [0, 0.1) is 37.1 Å². The van der Waals surface area contributed by atoms with Crippen molar-refractivity contribution in [1.82, 2.24) is 0 Å². The molecule has 0 fully saturated rings. The molecule has 2 N–H and O–H groups in total. The van der Waals surface area contributed by atoms with Gasteiger partial charge in [0.25, 0.3) is 0 Å². The monoisotopic (exact) mass is 484 g/mol. The quantitative estimate of drug-likeness (QED) is 0.322. The normalized spacial score (nSPS) is 11.5. The molecule has 0 aliphatic carbocycles. The van der Waals surface area contributed by atoms with E-state index in [1.807, 2.05) is 0 Å². The van der Waals surface area contributed by atoms with Gasteiger partial charge in [-0.2, -0.15) is 8.78 Å². The first-order chi connectivity index (χ1) is 15.5. The smallest absolute Gasteiger partial charge is 0.356 e. The van der Waals surface area contributed by atoms with E-state index in [1.54, 1.807) is 6.92 Å². The van der Waals surface area contributed by atoms with E-state index >= 15 is 0 Å². The minimum Gasteiger partial charge on any atom is -0.490 e. The second-order valence-corrected chi connectivity index (χ2v) is 8.99. The summed E-state index contributed by atoms with van der Waals surface area (Å²) in [5.74, 6) is -6.36. The Hall–Kier alpha value is -2.87. The molecule has 3 aromatic rings. The molecule has 33 heavy (non-hydrogen) atoms. The maximum absolute atomic E-state index is 14.8. The van der Waals surface area contributed by atoms with Gasteiger partial charge in [-0.3, -0.25) is 4.57 Å². The van der Waals surface area contributed by atoms with Gasteiger partial charge in [0.2, 0.25) is 11.6 Å². The molecule has 3 rings (SSSR count). The molecule has 0 heterocycles. The summed E-state index contributed by atoms with van der Waals surface area (Å²) in [6, 6.07) is 6.71. The predicted octanol–water partition coefficient (Wildman–Crippen LogP) is 5.91. The number of hydrogen-bond donors (Lipinski definition) is 2. The first kappa shape index (κ1) is 24.8. The summed E-state index contributed by atoms with van der Waals surface area (Å²) in [4.78, 5) is 18.7. The first-order valence-electron chi connectivity index (χ1n) is 9.90. The van der Waals surface area contributed by atoms with Crippen molar-refractivity contribution in [2.75, 3.05) is 6.61 Å². The van der Waals surface area contributed by atoms with E-state index in [9.17, 15) is 31.9 Å². The molecule has 5 nitrogen and oxygen atoms in total. The molecule has 176 valence electrons. The number of rotatable bonds is 7. The Morgan fingerprint density at radius 1 is 0.818 bits per heavy atom. The Morgan fingerprint density at radius 2 is 1.30 bits per heavy atom. The molecule has 0 aromatic heterocycles. The maximum Gasteiger partial charge on any atom is 0.356 e. The Bertz CT molecular complexity index is 1230. The second kappa shape index (κ2) is 9.55. The highest BCUT2D eigenvalue weighted by atomic mass is 31.2. The lowest BCUT2D eigenvalue weighted by Crippen LogP contribution is -2.07. The highest BCUT2D eigenvalue weighted by Gasteiger charge is 2.24. The molecule has 0 saturated heterocycles. The van der Waals surface area contributed by atoms with E-state index in [1.165, 1.54) is 26.0 Å². The third-order valence-electron chi connectivity index (χ3n) is 4.84. The van der Waals surface area contributed by atoms with Gasteiger partial charge in [0.05, 0.1) is 11.9 Å².